The molecule has 1 heterocycles. The van der Waals surface area contributed by atoms with Gasteiger partial charge in [0.15, 0.2) is 0 Å². The zero-order chi connectivity index (χ0) is 18.7. The van der Waals surface area contributed by atoms with Gasteiger partial charge in [-0.15, -0.1) is 0 Å². The monoisotopic (exact) mass is 351 g/mol. The van der Waals surface area contributed by atoms with Gasteiger partial charge in [-0.05, 0) is 50.1 Å². The Hall–Kier alpha value is -3.15. The second-order valence-electron chi connectivity index (χ2n) is 6.46. The number of amides is 3. The summed E-state index contributed by atoms with van der Waals surface area (Å²) in [7, 11) is 0. The molecule has 0 aliphatic carbocycles. The van der Waals surface area contributed by atoms with Gasteiger partial charge in [-0.2, -0.15) is 0 Å². The minimum absolute atomic E-state index is 0.245. The van der Waals surface area contributed by atoms with Crippen LogP contribution in [0.1, 0.15) is 39.1 Å². The number of carbonyl (C=O) groups is 3. The van der Waals surface area contributed by atoms with Crippen molar-refractivity contribution in [1.82, 2.24) is 4.90 Å². The fourth-order valence-corrected chi connectivity index (χ4v) is 3.11. The van der Waals surface area contributed by atoms with E-state index < -0.39 is 11.9 Å². The molecule has 3 amide bonds. The summed E-state index contributed by atoms with van der Waals surface area (Å²) in [5.41, 5.74) is 7.94. The van der Waals surface area contributed by atoms with Crippen LogP contribution in [-0.4, -0.2) is 35.2 Å². The van der Waals surface area contributed by atoms with Crippen LogP contribution in [0, 0.1) is 6.92 Å². The van der Waals surface area contributed by atoms with Crippen molar-refractivity contribution in [2.45, 2.75) is 25.8 Å². The molecule has 3 N–H and O–H groups in total. The van der Waals surface area contributed by atoms with Crippen LogP contribution in [0.15, 0.2) is 48.5 Å². The van der Waals surface area contributed by atoms with Crippen LogP contribution in [-0.2, 0) is 4.79 Å². The number of primary amides is 1. The molecule has 6 heteroatoms. The van der Waals surface area contributed by atoms with E-state index in [1.165, 1.54) is 4.90 Å². The van der Waals surface area contributed by atoms with Crippen LogP contribution in [0.4, 0.5) is 5.69 Å². The van der Waals surface area contributed by atoms with E-state index in [4.69, 9.17) is 5.73 Å². The Labute approximate surface area is 152 Å². The minimum Gasteiger partial charge on any atom is -0.368 e. The van der Waals surface area contributed by atoms with Gasteiger partial charge in [0.1, 0.15) is 6.04 Å². The summed E-state index contributed by atoms with van der Waals surface area (Å²) < 4.78 is 0. The zero-order valence-electron chi connectivity index (χ0n) is 14.6. The number of carbonyl (C=O) groups excluding carboxylic acids is 3. The Bertz CT molecular complexity index is 846. The number of likely N-dealkylation sites (tertiary alicyclic amines) is 1. The number of hydrogen-bond donors (Lipinski definition) is 2. The van der Waals surface area contributed by atoms with E-state index in [1.807, 2.05) is 19.1 Å². The average molecular weight is 351 g/mol. The predicted molar refractivity (Wildman–Crippen MR) is 98.8 cm³/mol. The SMILES string of the molecule is Cc1ccc(C(=O)Nc2cccc(C(=O)N3CCCC3C(N)=O)c2)cc1. The van der Waals surface area contributed by atoms with Crippen molar-refractivity contribution in [1.29, 1.82) is 0 Å². The molecule has 0 bridgehead atoms. The van der Waals surface area contributed by atoms with Gasteiger partial charge in [0.2, 0.25) is 5.91 Å². The van der Waals surface area contributed by atoms with Crippen LogP contribution in [0.5, 0.6) is 0 Å². The molecule has 1 unspecified atom stereocenters. The molecule has 26 heavy (non-hydrogen) atoms. The second kappa shape index (κ2) is 7.39. The molecule has 0 aromatic heterocycles. The highest BCUT2D eigenvalue weighted by Crippen LogP contribution is 2.21. The molecular formula is C20H21N3O3. The standard InChI is InChI=1S/C20H21N3O3/c1-13-7-9-14(10-8-13)19(25)22-16-5-2-4-15(12-16)20(26)23-11-3-6-17(23)18(21)24/h2,4-5,7-10,12,17H,3,6,11H2,1H3,(H2,21,24)(H,22,25). The molecule has 2 aromatic carbocycles. The smallest absolute Gasteiger partial charge is 0.255 e. The van der Waals surface area contributed by atoms with Gasteiger partial charge < -0.3 is 16.0 Å². The molecule has 0 spiro atoms. The first-order valence-electron chi connectivity index (χ1n) is 8.54. The topological polar surface area (TPSA) is 92.5 Å². The van der Waals surface area contributed by atoms with Gasteiger partial charge in [0.25, 0.3) is 11.8 Å². The van der Waals surface area contributed by atoms with Crippen molar-refractivity contribution in [3.05, 3.63) is 65.2 Å². The second-order valence-corrected chi connectivity index (χ2v) is 6.46. The average Bonchev–Trinajstić information content (AvgIpc) is 3.12. The lowest BCUT2D eigenvalue weighted by Gasteiger charge is -2.22. The lowest BCUT2D eigenvalue weighted by molar-refractivity contribution is -0.121. The number of anilines is 1. The Balaban J connectivity index is 1.75. The highest BCUT2D eigenvalue weighted by atomic mass is 16.2. The minimum atomic E-state index is -0.562. The maximum Gasteiger partial charge on any atom is 0.255 e. The molecule has 1 aliphatic heterocycles. The molecule has 0 saturated carbocycles. The number of nitrogens with two attached hydrogens (primary N) is 1. The molecule has 3 rings (SSSR count). The van der Waals surface area contributed by atoms with Crippen molar-refractivity contribution in [2.24, 2.45) is 5.73 Å². The molecular weight excluding hydrogens is 330 g/mol. The van der Waals surface area contributed by atoms with Gasteiger partial charge in [-0.1, -0.05) is 23.8 Å². The molecule has 2 aromatic rings. The fraction of sp³-hybridized carbons (Fsp3) is 0.250. The van der Waals surface area contributed by atoms with E-state index in [2.05, 4.69) is 5.32 Å². The van der Waals surface area contributed by atoms with E-state index in [0.29, 0.717) is 29.8 Å². The van der Waals surface area contributed by atoms with Gasteiger partial charge in [0, 0.05) is 23.4 Å². The summed E-state index contributed by atoms with van der Waals surface area (Å²) in [4.78, 5) is 38.1. The number of aryl methyl sites for hydroxylation is 1. The largest absolute Gasteiger partial charge is 0.368 e. The van der Waals surface area contributed by atoms with E-state index >= 15 is 0 Å². The Morgan fingerprint density at radius 2 is 1.81 bits per heavy atom. The van der Waals surface area contributed by atoms with Crippen LogP contribution < -0.4 is 11.1 Å². The molecule has 1 fully saturated rings. The highest BCUT2D eigenvalue weighted by molar-refractivity contribution is 6.05. The van der Waals surface area contributed by atoms with Crippen LogP contribution in [0.2, 0.25) is 0 Å². The van der Waals surface area contributed by atoms with Gasteiger partial charge in [0.05, 0.1) is 0 Å². The molecule has 134 valence electrons. The Morgan fingerprint density at radius 1 is 1.08 bits per heavy atom. The molecule has 1 saturated heterocycles. The summed E-state index contributed by atoms with van der Waals surface area (Å²) in [5, 5.41) is 2.80. The van der Waals surface area contributed by atoms with Crippen molar-refractivity contribution < 1.29 is 14.4 Å². The van der Waals surface area contributed by atoms with Gasteiger partial charge in [-0.25, -0.2) is 0 Å². The summed E-state index contributed by atoms with van der Waals surface area (Å²) >= 11 is 0. The van der Waals surface area contributed by atoms with Crippen LogP contribution in [0.3, 0.4) is 0 Å². The van der Waals surface area contributed by atoms with Crippen molar-refractivity contribution in [3.8, 4) is 0 Å². The third kappa shape index (κ3) is 3.74. The Morgan fingerprint density at radius 3 is 2.50 bits per heavy atom. The lowest BCUT2D eigenvalue weighted by Crippen LogP contribution is -2.43. The first kappa shape index (κ1) is 17.7. The highest BCUT2D eigenvalue weighted by Gasteiger charge is 2.33. The molecule has 1 atom stereocenters. The molecule has 0 radical (unpaired) electrons. The van der Waals surface area contributed by atoms with Crippen LogP contribution >= 0.6 is 0 Å². The van der Waals surface area contributed by atoms with E-state index in [-0.39, 0.29) is 11.8 Å². The first-order valence-corrected chi connectivity index (χ1v) is 8.54. The third-order valence-electron chi connectivity index (χ3n) is 4.52. The summed E-state index contributed by atoms with van der Waals surface area (Å²) in [6.07, 6.45) is 1.34. The van der Waals surface area contributed by atoms with Crippen LogP contribution in [0.25, 0.3) is 0 Å². The normalized spacial score (nSPS) is 16.3. The maximum absolute atomic E-state index is 12.7. The zero-order valence-corrected chi connectivity index (χ0v) is 14.6. The van der Waals surface area contributed by atoms with E-state index in [9.17, 15) is 14.4 Å². The van der Waals surface area contributed by atoms with Crippen molar-refractivity contribution in [3.63, 3.8) is 0 Å². The van der Waals surface area contributed by atoms with E-state index in [1.54, 1.807) is 36.4 Å². The Kier molecular flexibility index (Phi) is 5.02. The molecule has 6 nitrogen and oxygen atoms in total. The maximum atomic E-state index is 12.7. The van der Waals surface area contributed by atoms with Gasteiger partial charge >= 0.3 is 0 Å². The summed E-state index contributed by atoms with van der Waals surface area (Å²) in [6.45, 7) is 2.46. The quantitative estimate of drug-likeness (QED) is 0.885. The van der Waals surface area contributed by atoms with E-state index in [0.717, 1.165) is 12.0 Å². The number of nitrogens with zero attached hydrogens (tertiary/aromatic N) is 1. The third-order valence-corrected chi connectivity index (χ3v) is 4.52. The first-order chi connectivity index (χ1) is 12.5. The summed E-state index contributed by atoms with van der Waals surface area (Å²) in [6, 6.07) is 13.4. The van der Waals surface area contributed by atoms with Crippen molar-refractivity contribution >= 4 is 23.4 Å². The van der Waals surface area contributed by atoms with Crippen molar-refractivity contribution in [2.75, 3.05) is 11.9 Å². The number of hydrogen-bond acceptors (Lipinski definition) is 3. The number of rotatable bonds is 4. The van der Waals surface area contributed by atoms with Gasteiger partial charge in [-0.3, -0.25) is 14.4 Å². The lowest BCUT2D eigenvalue weighted by atomic mass is 10.1. The number of nitrogens with one attached hydrogen (secondary N) is 1. The molecule has 1 aliphatic rings. The fourth-order valence-electron chi connectivity index (χ4n) is 3.11. The number of benzene rings is 2. The predicted octanol–water partition coefficient (Wildman–Crippen LogP) is 2.34. The summed E-state index contributed by atoms with van der Waals surface area (Å²) in [5.74, 6) is -0.983.